The van der Waals surface area contributed by atoms with Gasteiger partial charge in [-0.3, -0.25) is 0 Å². The molecule has 0 saturated heterocycles. The van der Waals surface area contributed by atoms with Crippen LogP contribution in [0, 0.1) is 0 Å². The maximum Gasteiger partial charge on any atom is 0.339 e. The number of halogens is 1. The normalized spacial score (nSPS) is 16.9. The van der Waals surface area contributed by atoms with Gasteiger partial charge in [-0.1, -0.05) is 23.7 Å². The van der Waals surface area contributed by atoms with Crippen molar-refractivity contribution in [2.45, 2.75) is 24.4 Å². The van der Waals surface area contributed by atoms with E-state index in [2.05, 4.69) is 0 Å². The second-order valence-corrected chi connectivity index (χ2v) is 4.78. The molecule has 0 aliphatic heterocycles. The number of ether oxygens (including phenoxy) is 1. The summed E-state index contributed by atoms with van der Waals surface area (Å²) in [5.74, 6) is -0.802. The maximum atomic E-state index is 11.7. The molecule has 0 spiro atoms. The lowest BCUT2D eigenvalue weighted by Gasteiger charge is -2.25. The van der Waals surface area contributed by atoms with Gasteiger partial charge in [0, 0.05) is 0 Å². The van der Waals surface area contributed by atoms with E-state index >= 15 is 0 Å². The van der Waals surface area contributed by atoms with Crippen molar-refractivity contribution in [1.29, 1.82) is 0 Å². The molecule has 0 aliphatic rings. The van der Waals surface area contributed by atoms with Crippen LogP contribution in [0.15, 0.2) is 24.3 Å². The van der Waals surface area contributed by atoms with Gasteiger partial charge in [0.25, 0.3) is 0 Å². The van der Waals surface area contributed by atoms with Crippen molar-refractivity contribution in [3.05, 3.63) is 34.9 Å². The van der Waals surface area contributed by atoms with E-state index in [1.807, 2.05) is 0 Å². The molecule has 0 radical (unpaired) electrons. The highest BCUT2D eigenvalue weighted by Gasteiger charge is 2.30. The van der Waals surface area contributed by atoms with Crippen LogP contribution < -0.4 is 0 Å². The Morgan fingerprint density at radius 1 is 1.10 bits per heavy atom. The number of carbonyl (C=O) groups excluding carboxylic acids is 1. The van der Waals surface area contributed by atoms with Crippen molar-refractivity contribution in [1.82, 2.24) is 0 Å². The number of aliphatic hydroxyl groups excluding tert-OH is 5. The molecule has 0 aliphatic carbocycles. The van der Waals surface area contributed by atoms with Crippen molar-refractivity contribution >= 4 is 17.6 Å². The Kier molecular flexibility index (Phi) is 7.03. The summed E-state index contributed by atoms with van der Waals surface area (Å²) in [4.78, 5) is 11.7. The molecule has 4 atom stereocenters. The quantitative estimate of drug-likeness (QED) is 0.405. The molecule has 1 aromatic carbocycles. The molecule has 0 heterocycles. The number of aliphatic hydroxyl groups is 5. The van der Waals surface area contributed by atoms with Gasteiger partial charge in [0.1, 0.15) is 31.0 Å². The van der Waals surface area contributed by atoms with Crippen LogP contribution >= 0.6 is 11.6 Å². The topological polar surface area (TPSA) is 127 Å². The van der Waals surface area contributed by atoms with Gasteiger partial charge in [0.05, 0.1) is 17.2 Å². The lowest BCUT2D eigenvalue weighted by molar-refractivity contribution is -0.124. The molecule has 7 nitrogen and oxygen atoms in total. The predicted octanol–water partition coefficient (Wildman–Crippen LogP) is -1.07. The monoisotopic (exact) mass is 320 g/mol. The van der Waals surface area contributed by atoms with Gasteiger partial charge in [-0.05, 0) is 12.1 Å². The fourth-order valence-corrected chi connectivity index (χ4v) is 1.74. The molecule has 118 valence electrons. The van der Waals surface area contributed by atoms with E-state index in [-0.39, 0.29) is 10.6 Å². The van der Waals surface area contributed by atoms with Gasteiger partial charge >= 0.3 is 5.97 Å². The van der Waals surface area contributed by atoms with Crippen LogP contribution in [0.3, 0.4) is 0 Å². The summed E-state index contributed by atoms with van der Waals surface area (Å²) in [5.41, 5.74) is 0.0943. The fraction of sp³-hybridized carbons (Fsp3) is 0.462. The lowest BCUT2D eigenvalue weighted by atomic mass is 10.0. The van der Waals surface area contributed by atoms with Gasteiger partial charge in [-0.25, -0.2) is 4.79 Å². The molecule has 0 unspecified atom stereocenters. The van der Waals surface area contributed by atoms with E-state index in [9.17, 15) is 20.1 Å². The molecular formula is C13H17ClO7. The number of rotatable bonds is 7. The van der Waals surface area contributed by atoms with Crippen molar-refractivity contribution < 1.29 is 35.1 Å². The second-order valence-electron chi connectivity index (χ2n) is 4.38. The summed E-state index contributed by atoms with van der Waals surface area (Å²) < 4.78 is 4.77. The second kappa shape index (κ2) is 8.28. The molecule has 5 N–H and O–H groups in total. The Labute approximate surface area is 126 Å². The first-order valence-corrected chi connectivity index (χ1v) is 6.51. The Morgan fingerprint density at radius 2 is 1.67 bits per heavy atom. The van der Waals surface area contributed by atoms with Crippen LogP contribution in [0.25, 0.3) is 0 Å². The zero-order valence-electron chi connectivity index (χ0n) is 11.0. The van der Waals surface area contributed by atoms with Gasteiger partial charge in [-0.15, -0.1) is 0 Å². The van der Waals surface area contributed by atoms with E-state index in [1.165, 1.54) is 12.1 Å². The maximum absolute atomic E-state index is 11.7. The van der Waals surface area contributed by atoms with Crippen molar-refractivity contribution in [2.75, 3.05) is 13.2 Å². The summed E-state index contributed by atoms with van der Waals surface area (Å²) in [6.45, 7) is -1.40. The van der Waals surface area contributed by atoms with Crippen LogP contribution in [-0.2, 0) is 4.74 Å². The highest BCUT2D eigenvalue weighted by molar-refractivity contribution is 6.33. The molecule has 21 heavy (non-hydrogen) atoms. The summed E-state index contributed by atoms with van der Waals surface area (Å²) in [7, 11) is 0. The molecular weight excluding hydrogens is 304 g/mol. The first-order chi connectivity index (χ1) is 9.88. The van der Waals surface area contributed by atoms with E-state index in [1.54, 1.807) is 12.1 Å². The molecule has 0 bridgehead atoms. The summed E-state index contributed by atoms with van der Waals surface area (Å²) in [5, 5.41) is 46.5. The number of esters is 1. The first kappa shape index (κ1) is 17.8. The van der Waals surface area contributed by atoms with Crippen molar-refractivity contribution in [3.63, 3.8) is 0 Å². The van der Waals surface area contributed by atoms with Gasteiger partial charge < -0.3 is 30.3 Å². The average Bonchev–Trinajstić information content (AvgIpc) is 2.50. The molecule has 0 aromatic heterocycles. The van der Waals surface area contributed by atoms with Crippen LogP contribution in [0.5, 0.6) is 0 Å². The molecule has 8 heteroatoms. The number of hydrogen-bond donors (Lipinski definition) is 5. The zero-order valence-corrected chi connectivity index (χ0v) is 11.7. The molecule has 0 fully saturated rings. The Morgan fingerprint density at radius 3 is 2.24 bits per heavy atom. The third-order valence-corrected chi connectivity index (χ3v) is 3.13. The summed E-state index contributed by atoms with van der Waals surface area (Å²) in [6.07, 6.45) is -6.81. The lowest BCUT2D eigenvalue weighted by Crippen LogP contribution is -2.47. The third-order valence-electron chi connectivity index (χ3n) is 2.80. The third kappa shape index (κ3) is 4.92. The zero-order chi connectivity index (χ0) is 16.0. The minimum Gasteiger partial charge on any atom is -0.459 e. The van der Waals surface area contributed by atoms with Gasteiger partial charge in [-0.2, -0.15) is 0 Å². The van der Waals surface area contributed by atoms with Crippen molar-refractivity contribution in [2.24, 2.45) is 0 Å². The predicted molar refractivity (Wildman–Crippen MR) is 72.8 cm³/mol. The largest absolute Gasteiger partial charge is 0.459 e. The van der Waals surface area contributed by atoms with Gasteiger partial charge in [0.15, 0.2) is 0 Å². The van der Waals surface area contributed by atoms with Crippen LogP contribution in [0.2, 0.25) is 5.02 Å². The number of hydrogen-bond acceptors (Lipinski definition) is 7. The molecule has 0 saturated carbocycles. The van der Waals surface area contributed by atoms with E-state index in [4.69, 9.17) is 26.6 Å². The SMILES string of the molecule is O=C(OC[C@H](O)[C@H](O)[C@H](O)[C@H](O)CO)c1ccccc1Cl. The van der Waals surface area contributed by atoms with E-state index < -0.39 is 43.6 Å². The van der Waals surface area contributed by atoms with E-state index in [0.717, 1.165) is 0 Å². The van der Waals surface area contributed by atoms with E-state index in [0.29, 0.717) is 0 Å². The fourth-order valence-electron chi connectivity index (χ4n) is 1.53. The summed E-state index contributed by atoms with van der Waals surface area (Å²) >= 11 is 5.79. The highest BCUT2D eigenvalue weighted by Crippen LogP contribution is 2.16. The standard InChI is InChI=1S/C13H17ClO7/c14-8-4-2-1-3-7(8)13(20)21-6-10(17)12(19)11(18)9(16)5-15/h1-4,9-12,15-19H,5-6H2/t9-,10+,11-,12+/m1/s1. The molecule has 0 amide bonds. The summed E-state index contributed by atoms with van der Waals surface area (Å²) in [6, 6.07) is 6.13. The van der Waals surface area contributed by atoms with Gasteiger partial charge in [0.2, 0.25) is 0 Å². The minimum atomic E-state index is -1.79. The highest BCUT2D eigenvalue weighted by atomic mass is 35.5. The number of carbonyl (C=O) groups is 1. The Bertz CT molecular complexity index is 468. The smallest absolute Gasteiger partial charge is 0.339 e. The van der Waals surface area contributed by atoms with Crippen LogP contribution in [0.1, 0.15) is 10.4 Å². The Balaban J connectivity index is 2.55. The minimum absolute atomic E-state index is 0.0943. The first-order valence-electron chi connectivity index (χ1n) is 6.13. The number of benzene rings is 1. The van der Waals surface area contributed by atoms with Crippen molar-refractivity contribution in [3.8, 4) is 0 Å². The van der Waals surface area contributed by atoms with Crippen LogP contribution in [-0.4, -0.2) is 69.1 Å². The van der Waals surface area contributed by atoms with Crippen LogP contribution in [0.4, 0.5) is 0 Å². The Hall–Kier alpha value is -1.22. The molecule has 1 rings (SSSR count). The molecule has 1 aromatic rings. The average molecular weight is 321 g/mol.